The van der Waals surface area contributed by atoms with Gasteiger partial charge in [-0.15, -0.1) is 0 Å². The normalized spacial score (nSPS) is 17.2. The molecule has 0 radical (unpaired) electrons. The maximum atomic E-state index is 13.1. The number of imidazole rings is 1. The van der Waals surface area contributed by atoms with Crippen LogP contribution in [0.3, 0.4) is 0 Å². The molecule has 1 aromatic heterocycles. The average Bonchev–Trinajstić information content (AvgIpc) is 3.43. The van der Waals surface area contributed by atoms with Crippen LogP contribution in [0.4, 0.5) is 0 Å². The number of fused-ring (bicyclic) bond motifs is 2. The van der Waals surface area contributed by atoms with Crippen LogP contribution >= 0.6 is 11.8 Å². The molecule has 1 amide bonds. The smallest absolute Gasteiger partial charge is 0.243 e. The van der Waals surface area contributed by atoms with E-state index in [9.17, 15) is 13.2 Å². The van der Waals surface area contributed by atoms with Crippen LogP contribution in [-0.4, -0.2) is 65.4 Å². The second-order valence-electron chi connectivity index (χ2n) is 7.92. The third kappa shape index (κ3) is 4.09. The van der Waals surface area contributed by atoms with Crippen molar-refractivity contribution in [3.05, 3.63) is 53.6 Å². The molecule has 9 heteroatoms. The molecule has 7 nitrogen and oxygen atoms in total. The van der Waals surface area contributed by atoms with Crippen molar-refractivity contribution in [3.63, 3.8) is 0 Å². The fourth-order valence-electron chi connectivity index (χ4n) is 4.25. The number of thioether (sulfide) groups is 1. The number of aromatic amines is 1. The molecule has 2 heterocycles. The van der Waals surface area contributed by atoms with E-state index in [1.54, 1.807) is 11.0 Å². The van der Waals surface area contributed by atoms with E-state index in [1.807, 2.05) is 36.4 Å². The first-order chi connectivity index (χ1) is 15.0. The molecule has 1 N–H and O–H groups in total. The lowest BCUT2D eigenvalue weighted by atomic mass is 10.1. The number of carbonyl (C=O) groups excluding carboxylic acids is 1. The molecule has 2 aromatic carbocycles. The van der Waals surface area contributed by atoms with Gasteiger partial charge in [-0.2, -0.15) is 4.31 Å². The summed E-state index contributed by atoms with van der Waals surface area (Å²) in [6.45, 7) is 1.45. The van der Waals surface area contributed by atoms with Crippen LogP contribution in [0, 0.1) is 0 Å². The van der Waals surface area contributed by atoms with E-state index in [0.29, 0.717) is 36.2 Å². The number of para-hydroxylation sites is 2. The Labute approximate surface area is 185 Å². The molecular weight excluding hydrogens is 432 g/mol. The van der Waals surface area contributed by atoms with E-state index in [4.69, 9.17) is 0 Å². The van der Waals surface area contributed by atoms with Gasteiger partial charge in [-0.3, -0.25) is 4.79 Å². The van der Waals surface area contributed by atoms with Gasteiger partial charge in [0, 0.05) is 26.2 Å². The summed E-state index contributed by atoms with van der Waals surface area (Å²) < 4.78 is 27.6. The van der Waals surface area contributed by atoms with Crippen LogP contribution in [0.25, 0.3) is 11.0 Å². The first-order valence-corrected chi connectivity index (χ1v) is 12.9. The number of carbonyl (C=O) groups is 1. The van der Waals surface area contributed by atoms with Crippen LogP contribution in [0.2, 0.25) is 0 Å². The summed E-state index contributed by atoms with van der Waals surface area (Å²) in [6, 6.07) is 13.3. The predicted molar refractivity (Wildman–Crippen MR) is 121 cm³/mol. The summed E-state index contributed by atoms with van der Waals surface area (Å²) in [5.41, 5.74) is 4.24. The lowest BCUT2D eigenvalue weighted by Gasteiger charge is -2.34. The molecule has 162 valence electrons. The fourth-order valence-corrected chi connectivity index (χ4v) is 6.52. The molecule has 31 heavy (non-hydrogen) atoms. The zero-order valence-corrected chi connectivity index (χ0v) is 18.7. The van der Waals surface area contributed by atoms with Gasteiger partial charge in [0.25, 0.3) is 0 Å². The summed E-state index contributed by atoms with van der Waals surface area (Å²) in [6.07, 6.45) is 3.07. The van der Waals surface area contributed by atoms with Crippen LogP contribution < -0.4 is 0 Å². The van der Waals surface area contributed by atoms with Crippen molar-refractivity contribution in [2.75, 3.05) is 31.9 Å². The van der Waals surface area contributed by atoms with Gasteiger partial charge < -0.3 is 9.88 Å². The molecule has 1 fully saturated rings. The Morgan fingerprint density at radius 3 is 2.61 bits per heavy atom. The van der Waals surface area contributed by atoms with Gasteiger partial charge >= 0.3 is 0 Å². The molecule has 0 bridgehead atoms. The van der Waals surface area contributed by atoms with E-state index >= 15 is 0 Å². The third-order valence-corrected chi connectivity index (χ3v) is 8.75. The van der Waals surface area contributed by atoms with Gasteiger partial charge in [-0.05, 0) is 54.7 Å². The second kappa shape index (κ2) is 8.29. The fraction of sp³-hybridized carbons (Fsp3) is 0.364. The number of hydrogen-bond acceptors (Lipinski definition) is 5. The molecule has 5 rings (SSSR count). The van der Waals surface area contributed by atoms with Gasteiger partial charge in [0.05, 0.1) is 21.7 Å². The van der Waals surface area contributed by atoms with Crippen LogP contribution in [0.15, 0.2) is 52.5 Å². The Kier molecular flexibility index (Phi) is 5.49. The molecule has 3 aromatic rings. The average molecular weight is 457 g/mol. The highest BCUT2D eigenvalue weighted by Gasteiger charge is 2.30. The quantitative estimate of drug-likeness (QED) is 0.597. The first kappa shape index (κ1) is 20.5. The van der Waals surface area contributed by atoms with Crippen molar-refractivity contribution >= 4 is 38.7 Å². The Balaban J connectivity index is 1.18. The molecule has 0 saturated carbocycles. The van der Waals surface area contributed by atoms with Crippen molar-refractivity contribution in [1.82, 2.24) is 19.2 Å². The van der Waals surface area contributed by atoms with Crippen molar-refractivity contribution in [2.24, 2.45) is 0 Å². The Morgan fingerprint density at radius 1 is 1.03 bits per heavy atom. The van der Waals surface area contributed by atoms with Crippen LogP contribution in [-0.2, 0) is 27.7 Å². The minimum absolute atomic E-state index is 0.0000323. The highest BCUT2D eigenvalue weighted by atomic mass is 32.2. The number of nitrogens with zero attached hydrogens (tertiary/aromatic N) is 3. The Bertz CT molecular complexity index is 1200. The highest BCUT2D eigenvalue weighted by molar-refractivity contribution is 7.99. The zero-order chi connectivity index (χ0) is 21.4. The lowest BCUT2D eigenvalue weighted by Crippen LogP contribution is -2.51. The van der Waals surface area contributed by atoms with Crippen LogP contribution in [0.5, 0.6) is 0 Å². The lowest BCUT2D eigenvalue weighted by molar-refractivity contribution is -0.129. The molecule has 1 saturated heterocycles. The van der Waals surface area contributed by atoms with E-state index in [0.717, 1.165) is 35.9 Å². The van der Waals surface area contributed by atoms with Crippen molar-refractivity contribution in [3.8, 4) is 0 Å². The number of hydrogen-bond donors (Lipinski definition) is 1. The molecule has 0 spiro atoms. The van der Waals surface area contributed by atoms with E-state index in [1.165, 1.54) is 21.6 Å². The third-order valence-electron chi connectivity index (χ3n) is 6.00. The minimum atomic E-state index is -3.53. The van der Waals surface area contributed by atoms with Gasteiger partial charge in [0.1, 0.15) is 0 Å². The summed E-state index contributed by atoms with van der Waals surface area (Å²) in [5.74, 6) is 0.275. The standard InChI is InChI=1S/C22H24N4O3S2/c27-21(15-30-22-23-19-6-1-2-7-20(19)24-22)25-10-12-26(13-11-25)31(28,29)18-9-8-16-4-3-5-17(16)14-18/h1-2,6-9,14H,3-5,10-13,15H2,(H,23,24). The number of nitrogens with one attached hydrogen (secondary N) is 1. The minimum Gasteiger partial charge on any atom is -0.339 e. The monoisotopic (exact) mass is 456 g/mol. The Morgan fingerprint density at radius 2 is 1.81 bits per heavy atom. The summed E-state index contributed by atoms with van der Waals surface area (Å²) >= 11 is 1.37. The number of rotatable bonds is 5. The molecule has 1 aliphatic heterocycles. The maximum Gasteiger partial charge on any atom is 0.243 e. The number of piperazine rings is 1. The zero-order valence-electron chi connectivity index (χ0n) is 17.1. The molecule has 1 aliphatic carbocycles. The van der Waals surface area contributed by atoms with Gasteiger partial charge in [0.2, 0.25) is 15.9 Å². The number of aryl methyl sites for hydroxylation is 2. The number of H-pyrrole nitrogens is 1. The molecule has 0 atom stereocenters. The van der Waals surface area contributed by atoms with Crippen molar-refractivity contribution < 1.29 is 13.2 Å². The van der Waals surface area contributed by atoms with E-state index < -0.39 is 10.0 Å². The molecular formula is C22H24N4O3S2. The summed E-state index contributed by atoms with van der Waals surface area (Å²) in [5, 5.41) is 0.715. The number of aromatic nitrogens is 2. The highest BCUT2D eigenvalue weighted by Crippen LogP contribution is 2.27. The maximum absolute atomic E-state index is 13.1. The topological polar surface area (TPSA) is 86.4 Å². The predicted octanol–water partition coefficient (Wildman–Crippen LogP) is 2.68. The van der Waals surface area contributed by atoms with Crippen LogP contribution in [0.1, 0.15) is 17.5 Å². The SMILES string of the molecule is O=C(CSc1nc2ccccc2[nH]1)N1CCN(S(=O)(=O)c2ccc3c(c2)CCC3)CC1. The molecule has 2 aliphatic rings. The first-order valence-electron chi connectivity index (χ1n) is 10.5. The largest absolute Gasteiger partial charge is 0.339 e. The second-order valence-corrected chi connectivity index (χ2v) is 10.8. The summed E-state index contributed by atoms with van der Waals surface area (Å²) in [4.78, 5) is 22.4. The van der Waals surface area contributed by atoms with Gasteiger partial charge in [0.15, 0.2) is 5.16 Å². The van der Waals surface area contributed by atoms with Crippen molar-refractivity contribution in [2.45, 2.75) is 29.3 Å². The number of benzene rings is 2. The van der Waals surface area contributed by atoms with Gasteiger partial charge in [-0.1, -0.05) is 30.0 Å². The van der Waals surface area contributed by atoms with E-state index in [2.05, 4.69) is 9.97 Å². The van der Waals surface area contributed by atoms with Gasteiger partial charge in [-0.25, -0.2) is 13.4 Å². The Hall–Kier alpha value is -2.36. The molecule has 0 unspecified atom stereocenters. The van der Waals surface area contributed by atoms with E-state index in [-0.39, 0.29) is 11.7 Å². The summed E-state index contributed by atoms with van der Waals surface area (Å²) in [7, 11) is -3.53. The van der Waals surface area contributed by atoms with Crippen molar-refractivity contribution in [1.29, 1.82) is 0 Å². The number of amides is 1. The number of sulfonamides is 1.